The van der Waals surface area contributed by atoms with Crippen LogP contribution in [0.5, 0.6) is 0 Å². The monoisotopic (exact) mass is 1960 g/mol. The van der Waals surface area contributed by atoms with E-state index in [9.17, 15) is 65.5 Å². The van der Waals surface area contributed by atoms with Crippen LogP contribution in [0.2, 0.25) is 54.4 Å². The van der Waals surface area contributed by atoms with Crippen LogP contribution in [0, 0.1) is 23.7 Å². The summed E-state index contributed by atoms with van der Waals surface area (Å²) in [5.74, 6) is 2.49. The molecule has 8 aromatic rings. The Bertz CT molecular complexity index is 5620. The van der Waals surface area contributed by atoms with Crippen LogP contribution in [-0.4, -0.2) is 166 Å². The van der Waals surface area contributed by atoms with E-state index in [0.717, 1.165) is 115 Å². The zero-order chi connectivity index (χ0) is 94.9. The van der Waals surface area contributed by atoms with E-state index in [1.807, 2.05) is 16.8 Å². The zero-order valence-electron chi connectivity index (χ0n) is 78.9. The highest BCUT2D eigenvalue weighted by Crippen LogP contribution is 2.53. The number of sulfone groups is 4. The van der Waals surface area contributed by atoms with Gasteiger partial charge < -0.3 is 22.9 Å². The molecule has 12 rings (SSSR count). The third-order valence-corrected chi connectivity index (χ3v) is 56.5. The van der Waals surface area contributed by atoms with Gasteiger partial charge in [0.2, 0.25) is 47.7 Å². The van der Waals surface area contributed by atoms with Crippen molar-refractivity contribution in [3.05, 3.63) is 75.2 Å². The largest absolute Gasteiger partial charge is 0.522 e. The van der Waals surface area contributed by atoms with Gasteiger partial charge in [-0.2, -0.15) is 21.6 Å². The third kappa shape index (κ3) is 22.5. The molecule has 4 aliphatic carbocycles. The van der Waals surface area contributed by atoms with E-state index >= 15 is 0 Å². The first kappa shape index (κ1) is 106. The number of aliphatic hydroxyl groups is 2. The zero-order valence-corrected chi connectivity index (χ0v) is 89.3. The van der Waals surface area contributed by atoms with Gasteiger partial charge in [-0.05, 0) is 262 Å². The Labute approximate surface area is 761 Å². The fourth-order valence-corrected chi connectivity index (χ4v) is 31.5. The molecular formula is C87H137F3N8O15S9Si3. The number of halogens is 3. The predicted octanol–water partition coefficient (Wildman–Crippen LogP) is 22.9. The number of hydrogen-bond donors (Lipinski definition) is 2. The fraction of sp³-hybridized carbons (Fsp3) is 0.701. The maximum Gasteiger partial charge on any atom is 0.522 e. The van der Waals surface area contributed by atoms with Gasteiger partial charge in [0.15, 0.2) is 36.7 Å². The molecule has 125 heavy (non-hydrogen) atoms. The summed E-state index contributed by atoms with van der Waals surface area (Å²) in [6.07, 6.45) is 17.7. The Balaban J connectivity index is 0.000000197. The van der Waals surface area contributed by atoms with E-state index in [4.69, 9.17) is 8.85 Å². The topological polar surface area (TPSA) is 342 Å². The minimum Gasteiger partial charge on any atom is -0.414 e. The number of aliphatic hydroxyl groups excluding tert-OH is 2. The summed E-state index contributed by atoms with van der Waals surface area (Å²) in [7, 11) is -26.3. The summed E-state index contributed by atoms with van der Waals surface area (Å²) in [6.45, 7) is 59.9. The highest BCUT2D eigenvalue weighted by Gasteiger charge is 2.54. The number of rotatable bonds is 18. The number of hydrogen-bond acceptors (Lipinski definition) is 27. The lowest BCUT2D eigenvalue weighted by atomic mass is 9.97. The van der Waals surface area contributed by atoms with Crippen molar-refractivity contribution in [1.82, 2.24) is 39.9 Å². The molecule has 0 saturated heterocycles. The summed E-state index contributed by atoms with van der Waals surface area (Å²) in [5.41, 5.74) is 2.97. The van der Waals surface area contributed by atoms with Crippen LogP contribution in [0.4, 0.5) is 13.2 Å². The van der Waals surface area contributed by atoms with Crippen molar-refractivity contribution in [2.45, 2.75) is 385 Å². The number of aromatic nitrogens is 8. The van der Waals surface area contributed by atoms with Crippen LogP contribution in [0.15, 0.2) is 73.0 Å². The van der Waals surface area contributed by atoms with Crippen LogP contribution in [0.3, 0.4) is 0 Å². The molecule has 38 heteroatoms. The van der Waals surface area contributed by atoms with E-state index < -0.39 is 110 Å². The van der Waals surface area contributed by atoms with Gasteiger partial charge in [-0.1, -0.05) is 122 Å². The first-order valence-electron chi connectivity index (χ1n) is 43.0. The smallest absolute Gasteiger partial charge is 0.414 e. The fourth-order valence-electron chi connectivity index (χ4n) is 15.0. The SMILES string of the molecule is CC(C)(C)[Si](C)(C)OS(=O)(=O)C(F)(F)F.CC[C@@H]1CC(c2csc3c(S(=O)(=O)C(C)(C)C)ncnc23)=C[C@@H]1O.CC[C@@H]1CC(c2csc3c(S(=O)(=O)C(C)(C)C)ncnc23)C[C@@H]1O.CC[C@@H]1C[C@@H](c2csc3c(S(=O)(=O)C(C)(C)C)ncnc23)C[C@@H]1O[Si](C)(C)C(C)(C)C.CC[C@@H]1C[C@H](c2csc3c(S(=O)(=O)C(C)(C)C)ncnc23)C[C@@H]1O[Si](C)(C)C(C)(C)C. The van der Waals surface area contributed by atoms with E-state index in [0.29, 0.717) is 53.9 Å². The van der Waals surface area contributed by atoms with E-state index in [-0.39, 0.29) is 60.3 Å². The predicted molar refractivity (Wildman–Crippen MR) is 510 cm³/mol. The average molecular weight is 1960 g/mol. The van der Waals surface area contributed by atoms with Crippen molar-refractivity contribution in [1.29, 1.82) is 0 Å². The van der Waals surface area contributed by atoms with Crippen molar-refractivity contribution in [3.63, 3.8) is 0 Å². The second-order valence-corrected chi connectivity index (χ2v) is 72.4. The molecule has 3 fully saturated rings. The second-order valence-electron chi connectivity index (χ2n) is 42.3. The van der Waals surface area contributed by atoms with Crippen molar-refractivity contribution in [3.8, 4) is 0 Å². The Morgan fingerprint density at radius 3 is 0.936 bits per heavy atom. The number of fused-ring (bicyclic) bond motifs is 4. The Hall–Kier alpha value is -4.11. The van der Waals surface area contributed by atoms with Gasteiger partial charge in [-0.3, -0.25) is 0 Å². The molecule has 0 aliphatic heterocycles. The first-order chi connectivity index (χ1) is 56.7. The number of thiophene rings is 4. The van der Waals surface area contributed by atoms with Gasteiger partial charge in [0.1, 0.15) is 25.3 Å². The molecule has 702 valence electrons. The van der Waals surface area contributed by atoms with E-state index in [1.165, 1.54) is 83.8 Å². The highest BCUT2D eigenvalue weighted by molar-refractivity contribution is 7.94. The number of allylic oxidation sites excluding steroid dienone is 1. The minimum absolute atomic E-state index is 0.0995. The Morgan fingerprint density at radius 2 is 0.664 bits per heavy atom. The molecule has 2 N–H and O–H groups in total. The molecule has 0 aromatic carbocycles. The molecule has 23 nitrogen and oxygen atoms in total. The van der Waals surface area contributed by atoms with Crippen molar-refractivity contribution >= 4 is 166 Å². The molecule has 0 bridgehead atoms. The van der Waals surface area contributed by atoms with Crippen molar-refractivity contribution in [2.24, 2.45) is 23.7 Å². The lowest BCUT2D eigenvalue weighted by Crippen LogP contribution is -2.45. The second kappa shape index (κ2) is 38.1. The van der Waals surface area contributed by atoms with Gasteiger partial charge in [0.25, 0.3) is 0 Å². The Kier molecular flexibility index (Phi) is 32.4. The van der Waals surface area contributed by atoms with Crippen molar-refractivity contribution < 1.29 is 78.2 Å². The van der Waals surface area contributed by atoms with Crippen LogP contribution in [-0.2, 0) is 62.2 Å². The minimum atomic E-state index is -5.48. The lowest BCUT2D eigenvalue weighted by Gasteiger charge is -2.39. The summed E-state index contributed by atoms with van der Waals surface area (Å²) < 4.78 is 178. The van der Waals surface area contributed by atoms with Crippen LogP contribution < -0.4 is 0 Å². The Morgan fingerprint density at radius 1 is 0.384 bits per heavy atom. The molecule has 11 atom stereocenters. The molecule has 4 aliphatic rings. The van der Waals surface area contributed by atoms with Gasteiger partial charge in [0.05, 0.1) is 72.1 Å². The molecule has 0 radical (unpaired) electrons. The van der Waals surface area contributed by atoms with Gasteiger partial charge in [-0.15, -0.1) is 45.3 Å². The van der Waals surface area contributed by atoms with Crippen LogP contribution >= 0.6 is 45.3 Å². The van der Waals surface area contributed by atoms with Crippen LogP contribution in [0.25, 0.3) is 46.4 Å². The lowest BCUT2D eigenvalue weighted by molar-refractivity contribution is -0.0505. The highest BCUT2D eigenvalue weighted by atomic mass is 32.2. The molecule has 0 amide bonds. The first-order valence-corrected chi connectivity index (χ1v) is 62.6. The van der Waals surface area contributed by atoms with E-state index in [1.54, 1.807) is 104 Å². The maximum absolute atomic E-state index is 13.1. The molecule has 0 spiro atoms. The summed E-state index contributed by atoms with van der Waals surface area (Å²) in [5, 5.41) is 28.8. The normalized spacial score (nSPS) is 22.7. The molecule has 3 saturated carbocycles. The maximum atomic E-state index is 13.1. The van der Waals surface area contributed by atoms with Crippen molar-refractivity contribution in [2.75, 3.05) is 0 Å². The molecule has 8 heterocycles. The van der Waals surface area contributed by atoms with Crippen LogP contribution in [0.1, 0.15) is 284 Å². The third-order valence-electron chi connectivity index (χ3n) is 26.5. The quantitative estimate of drug-likeness (QED) is 0.0458. The van der Waals surface area contributed by atoms with E-state index in [2.05, 4.69) is 150 Å². The average Bonchev–Trinajstić information content (AvgIpc) is 1.50. The molecule has 1 unspecified atom stereocenters. The van der Waals surface area contributed by atoms with Gasteiger partial charge in [0, 0.05) is 23.2 Å². The van der Waals surface area contributed by atoms with Gasteiger partial charge >= 0.3 is 15.6 Å². The standard InChI is InChI=1S/2C23H38N2O3S2Si.C17H24N2O3S2.C17H22N2O3S2.C7H15F3O3SSi/c2*1-10-15-11-16(12-18(15)28-31(8,9)23(5,6)7)17-13-29-20-19(17)24-14-25-21(20)30(26,27)22(2,3)4;2*1-5-10-6-11(7-13(10)20)12-8-23-15-14(12)18-9-19-16(15)24(21,22)17(2,3)4;1-6(2,3)15(4,5)13-14(11,12)7(8,9)10/h2*13-16,18H,10-12H2,1-9H3;8-11,13,20H,5-7H2,1-4H3;7-10,13,20H,5-6H2,1-4H3;1-5H3/t15-,16+,18+;15-,16-,18+;10-,11?,13+;10-,13+;/m1111./s1. The molecular weight excluding hydrogens is 1830 g/mol. The molecule has 8 aromatic heterocycles. The summed E-state index contributed by atoms with van der Waals surface area (Å²) in [6, 6.07) is 0. The summed E-state index contributed by atoms with van der Waals surface area (Å²) >= 11 is 5.67. The number of alkyl halides is 3. The summed E-state index contributed by atoms with van der Waals surface area (Å²) in [4.78, 5) is 34.3. The van der Waals surface area contributed by atoms with Gasteiger partial charge in [-0.25, -0.2) is 73.5 Å². The number of nitrogens with zero attached hydrogens (tertiary/aromatic N) is 8.